The lowest BCUT2D eigenvalue weighted by molar-refractivity contribution is -0.142. The zero-order chi connectivity index (χ0) is 40.0. The molecule has 2 saturated heterocycles. The summed E-state index contributed by atoms with van der Waals surface area (Å²) in [5, 5.41) is 22.5. The number of rotatable bonds is 11. The number of hydrogen-bond acceptors (Lipinski definition) is 10. The Labute approximate surface area is 326 Å². The van der Waals surface area contributed by atoms with E-state index in [2.05, 4.69) is 16.3 Å². The molecule has 2 fully saturated rings. The molecule has 4 aromatic carbocycles. The van der Waals surface area contributed by atoms with Crippen molar-refractivity contribution < 1.29 is 37.0 Å². The lowest BCUT2D eigenvalue weighted by atomic mass is 9.91. The molecule has 2 aliphatic heterocycles. The third-order valence-corrected chi connectivity index (χ3v) is 11.2. The number of carbonyl (C=O) groups is 2. The van der Waals surface area contributed by atoms with E-state index in [-0.39, 0.29) is 29.7 Å². The highest BCUT2D eigenvalue weighted by atomic mass is 19.3. The van der Waals surface area contributed by atoms with Gasteiger partial charge >= 0.3 is 12.6 Å². The van der Waals surface area contributed by atoms with Gasteiger partial charge in [-0.25, -0.2) is 9.97 Å². The second-order valence-electron chi connectivity index (χ2n) is 14.7. The third kappa shape index (κ3) is 7.32. The largest absolute Gasteiger partial charge is 0.480 e. The number of amides is 1. The van der Waals surface area contributed by atoms with Crippen LogP contribution in [0.15, 0.2) is 69.5 Å². The van der Waals surface area contributed by atoms with Gasteiger partial charge in [0.25, 0.3) is 0 Å². The average Bonchev–Trinajstić information content (AvgIpc) is 4.01. The predicted molar refractivity (Wildman–Crippen MR) is 207 cm³/mol. The summed E-state index contributed by atoms with van der Waals surface area (Å²) in [6.07, 6.45) is 1.96. The van der Waals surface area contributed by atoms with E-state index in [4.69, 9.17) is 23.5 Å². The standard InChI is InChI=1S/C43H40F2N6O6/c1-23-29(7-4-9-31(23)40-48-33-17-28(22-51-13-6-11-35(51)42(53)54)36(56-43(44)45)18-37(33)55-40)30-8-5-10-32(24(30)2)41-49-34-16-25(15-27(19-46)38(34)57-41)20-50-14-12-26(21-50)39(52)47-3/h4-5,7-10,15-18,26,35,43H,6,11-14,20-22H2,1-3H3,(H,47,52)(H,53,54)/t26?,35-/m0/s1. The Morgan fingerprint density at radius 1 is 0.947 bits per heavy atom. The van der Waals surface area contributed by atoms with Crippen molar-refractivity contribution in [3.8, 4) is 45.9 Å². The number of aromatic nitrogens is 2. The Bertz CT molecular complexity index is 2580. The molecule has 2 atom stereocenters. The number of fused-ring (bicyclic) bond motifs is 2. The molecule has 2 aromatic heterocycles. The van der Waals surface area contributed by atoms with Gasteiger partial charge in [0, 0.05) is 49.4 Å². The second kappa shape index (κ2) is 15.4. The van der Waals surface area contributed by atoms with Crippen molar-refractivity contribution >= 4 is 34.1 Å². The quantitative estimate of drug-likeness (QED) is 0.133. The molecule has 292 valence electrons. The molecule has 0 bridgehead atoms. The van der Waals surface area contributed by atoms with Crippen LogP contribution in [-0.4, -0.2) is 76.1 Å². The maximum absolute atomic E-state index is 13.5. The van der Waals surface area contributed by atoms with Gasteiger partial charge in [-0.3, -0.25) is 19.4 Å². The molecule has 1 unspecified atom stereocenters. The Hall–Kier alpha value is -6.17. The number of ether oxygens (including phenoxy) is 1. The van der Waals surface area contributed by atoms with Crippen molar-refractivity contribution in [1.82, 2.24) is 25.1 Å². The molecule has 0 spiro atoms. The molecule has 6 aromatic rings. The van der Waals surface area contributed by atoms with Gasteiger partial charge in [0.05, 0.1) is 11.5 Å². The summed E-state index contributed by atoms with van der Waals surface area (Å²) in [7, 11) is 1.65. The summed E-state index contributed by atoms with van der Waals surface area (Å²) in [6, 6.07) is 20.0. The number of halogens is 2. The van der Waals surface area contributed by atoms with E-state index < -0.39 is 18.6 Å². The molecule has 12 nitrogen and oxygen atoms in total. The number of carboxylic acid groups (broad SMARTS) is 1. The Kier molecular flexibility index (Phi) is 10.2. The molecular formula is C43H40F2N6O6. The van der Waals surface area contributed by atoms with E-state index in [1.165, 1.54) is 6.07 Å². The molecule has 2 aliphatic rings. The Morgan fingerprint density at radius 3 is 2.30 bits per heavy atom. The van der Waals surface area contributed by atoms with Gasteiger partial charge in [-0.2, -0.15) is 14.0 Å². The van der Waals surface area contributed by atoms with Crippen LogP contribution in [0.2, 0.25) is 0 Å². The molecule has 2 N–H and O–H groups in total. The number of oxazole rings is 2. The van der Waals surface area contributed by atoms with Crippen LogP contribution in [0.3, 0.4) is 0 Å². The van der Waals surface area contributed by atoms with Crippen molar-refractivity contribution in [2.45, 2.75) is 58.9 Å². The van der Waals surface area contributed by atoms with Crippen LogP contribution in [0.5, 0.6) is 5.75 Å². The van der Waals surface area contributed by atoms with E-state index in [0.717, 1.165) is 46.3 Å². The molecule has 4 heterocycles. The fourth-order valence-corrected chi connectivity index (χ4v) is 8.31. The summed E-state index contributed by atoms with van der Waals surface area (Å²) in [5.41, 5.74) is 8.42. The van der Waals surface area contributed by atoms with Crippen LogP contribution in [0.4, 0.5) is 8.78 Å². The molecular weight excluding hydrogens is 735 g/mol. The number of carbonyl (C=O) groups excluding carboxylic acids is 1. The van der Waals surface area contributed by atoms with Gasteiger partial charge in [0.2, 0.25) is 17.7 Å². The zero-order valence-corrected chi connectivity index (χ0v) is 31.6. The van der Waals surface area contributed by atoms with Crippen molar-refractivity contribution in [2.75, 3.05) is 26.7 Å². The number of benzene rings is 4. The first-order chi connectivity index (χ1) is 27.5. The fourth-order valence-electron chi connectivity index (χ4n) is 8.31. The molecule has 14 heteroatoms. The van der Waals surface area contributed by atoms with Crippen LogP contribution in [0, 0.1) is 31.1 Å². The molecule has 0 radical (unpaired) electrons. The highest BCUT2D eigenvalue weighted by Crippen LogP contribution is 2.39. The van der Waals surface area contributed by atoms with E-state index in [1.807, 2.05) is 62.4 Å². The second-order valence-corrected chi connectivity index (χ2v) is 14.7. The lowest BCUT2D eigenvalue weighted by Crippen LogP contribution is -2.35. The first-order valence-corrected chi connectivity index (χ1v) is 18.8. The van der Waals surface area contributed by atoms with Crippen molar-refractivity contribution in [3.63, 3.8) is 0 Å². The van der Waals surface area contributed by atoms with E-state index in [9.17, 15) is 28.7 Å². The zero-order valence-electron chi connectivity index (χ0n) is 31.6. The summed E-state index contributed by atoms with van der Waals surface area (Å²) >= 11 is 0. The third-order valence-electron chi connectivity index (χ3n) is 11.2. The fraction of sp³-hybridized carbons (Fsp3) is 0.326. The molecule has 0 aliphatic carbocycles. The van der Waals surface area contributed by atoms with Gasteiger partial charge < -0.3 is 24.0 Å². The maximum atomic E-state index is 13.5. The first kappa shape index (κ1) is 37.7. The van der Waals surface area contributed by atoms with Gasteiger partial charge in [0.15, 0.2) is 11.2 Å². The predicted octanol–water partition coefficient (Wildman–Crippen LogP) is 7.68. The minimum absolute atomic E-state index is 0.0396. The molecule has 1 amide bonds. The number of aliphatic carboxylic acids is 1. The smallest absolute Gasteiger partial charge is 0.387 e. The van der Waals surface area contributed by atoms with Crippen LogP contribution in [0.1, 0.15) is 47.1 Å². The summed E-state index contributed by atoms with van der Waals surface area (Å²) in [4.78, 5) is 37.5. The van der Waals surface area contributed by atoms with Crippen molar-refractivity contribution in [1.29, 1.82) is 5.26 Å². The maximum Gasteiger partial charge on any atom is 0.387 e. The van der Waals surface area contributed by atoms with Crippen LogP contribution in [-0.2, 0) is 22.7 Å². The van der Waals surface area contributed by atoms with Crippen LogP contribution >= 0.6 is 0 Å². The van der Waals surface area contributed by atoms with E-state index in [0.29, 0.717) is 77.6 Å². The van der Waals surface area contributed by atoms with Crippen molar-refractivity contribution in [2.24, 2.45) is 5.92 Å². The van der Waals surface area contributed by atoms with Crippen LogP contribution in [0.25, 0.3) is 56.2 Å². The molecule has 57 heavy (non-hydrogen) atoms. The highest BCUT2D eigenvalue weighted by Gasteiger charge is 2.32. The minimum atomic E-state index is -3.08. The van der Waals surface area contributed by atoms with Crippen molar-refractivity contribution in [3.05, 3.63) is 88.5 Å². The minimum Gasteiger partial charge on any atom is -0.480 e. The molecule has 0 saturated carbocycles. The average molecular weight is 775 g/mol. The number of nitrogens with one attached hydrogen (secondary N) is 1. The SMILES string of the molecule is CNC(=O)C1CCN(Cc2cc(C#N)c3oc(-c4cccc(-c5cccc(-c6nc7cc(CN8CCC[C@H]8C(=O)O)c(OC(F)F)cc7o6)c5C)c4C)nc3c2)C1. The van der Waals surface area contributed by atoms with Gasteiger partial charge in [-0.05, 0) is 104 Å². The lowest BCUT2D eigenvalue weighted by Gasteiger charge is -2.22. The van der Waals surface area contributed by atoms with E-state index in [1.54, 1.807) is 18.0 Å². The number of carboxylic acids is 1. The van der Waals surface area contributed by atoms with Gasteiger partial charge in [0.1, 0.15) is 28.9 Å². The summed E-state index contributed by atoms with van der Waals surface area (Å²) in [6.45, 7) is 3.52. The topological polar surface area (TPSA) is 158 Å². The Balaban J connectivity index is 1.10. The first-order valence-electron chi connectivity index (χ1n) is 18.8. The van der Waals surface area contributed by atoms with Gasteiger partial charge in [-0.15, -0.1) is 0 Å². The number of likely N-dealkylation sites (tertiary alicyclic amines) is 2. The number of nitriles is 1. The number of alkyl halides is 2. The van der Waals surface area contributed by atoms with Gasteiger partial charge in [-0.1, -0.05) is 24.3 Å². The molecule has 8 rings (SSSR count). The summed E-state index contributed by atoms with van der Waals surface area (Å²) < 4.78 is 44.4. The van der Waals surface area contributed by atoms with Crippen LogP contribution < -0.4 is 10.1 Å². The highest BCUT2D eigenvalue weighted by molar-refractivity contribution is 5.86. The number of nitrogens with zero attached hydrogens (tertiary/aromatic N) is 5. The number of hydrogen-bond donors (Lipinski definition) is 2. The monoisotopic (exact) mass is 774 g/mol. The van der Waals surface area contributed by atoms with E-state index >= 15 is 0 Å². The summed E-state index contributed by atoms with van der Waals surface area (Å²) in [5.74, 6) is -0.381. The normalized spacial score (nSPS) is 17.5. The Morgan fingerprint density at radius 2 is 1.63 bits per heavy atom.